The van der Waals surface area contributed by atoms with E-state index in [1.54, 1.807) is 18.7 Å². The minimum absolute atomic E-state index is 0.0528. The SMILES string of the molecule is O=[N+]([O-])c1ccc(O[CH]c2ccccc2)cc1. The Kier molecular flexibility index (Phi) is 3.35. The van der Waals surface area contributed by atoms with Crippen LogP contribution in [0.5, 0.6) is 5.75 Å². The van der Waals surface area contributed by atoms with Crippen molar-refractivity contribution in [2.75, 3.05) is 0 Å². The predicted octanol–water partition coefficient (Wildman–Crippen LogP) is 3.18. The summed E-state index contributed by atoms with van der Waals surface area (Å²) in [7, 11) is 0. The molecule has 2 rings (SSSR count). The second-order valence-electron chi connectivity index (χ2n) is 3.40. The van der Waals surface area contributed by atoms with Gasteiger partial charge in [0.2, 0.25) is 0 Å². The molecule has 0 saturated carbocycles. The van der Waals surface area contributed by atoms with Crippen LogP contribution in [0, 0.1) is 16.7 Å². The zero-order valence-electron chi connectivity index (χ0n) is 8.95. The maximum Gasteiger partial charge on any atom is 0.269 e. The lowest BCUT2D eigenvalue weighted by molar-refractivity contribution is -0.384. The molecule has 0 atom stereocenters. The highest BCUT2D eigenvalue weighted by molar-refractivity contribution is 5.36. The Balaban J connectivity index is 1.98. The Morgan fingerprint density at radius 3 is 2.24 bits per heavy atom. The van der Waals surface area contributed by atoms with Gasteiger partial charge in [-0.25, -0.2) is 0 Å². The summed E-state index contributed by atoms with van der Waals surface area (Å²) in [5, 5.41) is 10.4. The highest BCUT2D eigenvalue weighted by Gasteiger charge is 2.04. The largest absolute Gasteiger partial charge is 0.481 e. The Bertz CT molecular complexity index is 494. The van der Waals surface area contributed by atoms with Gasteiger partial charge < -0.3 is 4.74 Å². The number of ether oxygens (including phenoxy) is 1. The van der Waals surface area contributed by atoms with Gasteiger partial charge >= 0.3 is 0 Å². The molecule has 2 aromatic carbocycles. The monoisotopic (exact) mass is 228 g/mol. The summed E-state index contributed by atoms with van der Waals surface area (Å²) in [6, 6.07) is 15.5. The maximum atomic E-state index is 10.4. The molecule has 0 fully saturated rings. The molecule has 85 valence electrons. The number of rotatable bonds is 4. The summed E-state index contributed by atoms with van der Waals surface area (Å²) in [6.45, 7) is 1.60. The molecule has 4 nitrogen and oxygen atoms in total. The average Bonchev–Trinajstić information content (AvgIpc) is 2.38. The highest BCUT2D eigenvalue weighted by atomic mass is 16.6. The van der Waals surface area contributed by atoms with E-state index in [9.17, 15) is 10.1 Å². The van der Waals surface area contributed by atoms with Gasteiger partial charge in [-0.1, -0.05) is 30.3 Å². The van der Waals surface area contributed by atoms with E-state index in [0.717, 1.165) is 5.56 Å². The first-order valence-electron chi connectivity index (χ1n) is 5.05. The second kappa shape index (κ2) is 5.12. The maximum absolute atomic E-state index is 10.4. The van der Waals surface area contributed by atoms with Crippen molar-refractivity contribution in [3.05, 3.63) is 76.9 Å². The number of hydrogen-bond donors (Lipinski definition) is 0. The minimum Gasteiger partial charge on any atom is -0.481 e. The minimum atomic E-state index is -0.440. The molecule has 0 heterocycles. The molecule has 0 unspecified atom stereocenters. The normalized spacial score (nSPS) is 9.88. The Hall–Kier alpha value is -2.36. The van der Waals surface area contributed by atoms with Crippen molar-refractivity contribution in [1.29, 1.82) is 0 Å². The smallest absolute Gasteiger partial charge is 0.269 e. The number of nitrogens with zero attached hydrogens (tertiary/aromatic N) is 1. The van der Waals surface area contributed by atoms with E-state index in [4.69, 9.17) is 4.74 Å². The molecule has 0 amide bonds. The quantitative estimate of drug-likeness (QED) is 0.596. The first kappa shape index (κ1) is 11.1. The van der Waals surface area contributed by atoms with Crippen LogP contribution in [0.25, 0.3) is 0 Å². The highest BCUT2D eigenvalue weighted by Crippen LogP contribution is 2.18. The number of nitro groups is 1. The van der Waals surface area contributed by atoms with E-state index >= 15 is 0 Å². The van der Waals surface area contributed by atoms with Crippen LogP contribution < -0.4 is 4.74 Å². The molecule has 0 bridgehead atoms. The molecule has 0 spiro atoms. The average molecular weight is 228 g/mol. The fraction of sp³-hybridized carbons (Fsp3) is 0. The van der Waals surface area contributed by atoms with Crippen LogP contribution in [-0.4, -0.2) is 4.92 Å². The van der Waals surface area contributed by atoms with Gasteiger partial charge in [-0.2, -0.15) is 0 Å². The van der Waals surface area contributed by atoms with Crippen LogP contribution in [0.4, 0.5) is 5.69 Å². The molecule has 0 aromatic heterocycles. The number of hydrogen-bond acceptors (Lipinski definition) is 3. The van der Waals surface area contributed by atoms with Crippen molar-refractivity contribution >= 4 is 5.69 Å². The molecule has 0 N–H and O–H groups in total. The van der Waals surface area contributed by atoms with Crippen molar-refractivity contribution in [2.45, 2.75) is 0 Å². The number of non-ortho nitro benzene ring substituents is 1. The molecule has 4 heteroatoms. The molecule has 0 saturated heterocycles. The topological polar surface area (TPSA) is 52.4 Å². The van der Waals surface area contributed by atoms with Gasteiger partial charge in [0.05, 0.1) is 4.92 Å². The van der Waals surface area contributed by atoms with Crippen LogP contribution in [0.2, 0.25) is 0 Å². The third kappa shape index (κ3) is 3.04. The number of nitro benzene ring substituents is 1. The van der Waals surface area contributed by atoms with Gasteiger partial charge in [-0.15, -0.1) is 0 Å². The van der Waals surface area contributed by atoms with Crippen molar-refractivity contribution in [3.63, 3.8) is 0 Å². The van der Waals surface area contributed by atoms with Gasteiger partial charge in [-0.3, -0.25) is 10.1 Å². The zero-order chi connectivity index (χ0) is 12.1. The van der Waals surface area contributed by atoms with E-state index in [1.165, 1.54) is 12.1 Å². The van der Waals surface area contributed by atoms with Crippen LogP contribution in [0.3, 0.4) is 0 Å². The molecule has 0 aliphatic rings. The lowest BCUT2D eigenvalue weighted by Gasteiger charge is -2.04. The van der Waals surface area contributed by atoms with Crippen LogP contribution in [0.15, 0.2) is 54.6 Å². The van der Waals surface area contributed by atoms with Gasteiger partial charge in [0, 0.05) is 12.1 Å². The molecular formula is C13H10NO3. The second-order valence-corrected chi connectivity index (χ2v) is 3.40. The summed E-state index contributed by atoms with van der Waals surface area (Å²) in [4.78, 5) is 10.0. The first-order chi connectivity index (χ1) is 8.25. The van der Waals surface area contributed by atoms with Gasteiger partial charge in [0.15, 0.2) is 6.61 Å². The number of benzene rings is 2. The summed E-state index contributed by atoms with van der Waals surface area (Å²) in [6.07, 6.45) is 0. The van der Waals surface area contributed by atoms with E-state index in [2.05, 4.69) is 0 Å². The standard InChI is InChI=1S/C13H10NO3/c15-14(16)12-6-8-13(9-7-12)17-10-11-4-2-1-3-5-11/h1-10H. The first-order valence-corrected chi connectivity index (χ1v) is 5.05. The molecule has 2 aromatic rings. The van der Waals surface area contributed by atoms with Crippen molar-refractivity contribution in [3.8, 4) is 5.75 Å². The summed E-state index contributed by atoms with van der Waals surface area (Å²) in [5.41, 5.74) is 0.989. The van der Waals surface area contributed by atoms with Crippen LogP contribution in [0.1, 0.15) is 5.56 Å². The van der Waals surface area contributed by atoms with Gasteiger partial charge in [-0.05, 0) is 17.7 Å². The van der Waals surface area contributed by atoms with E-state index < -0.39 is 4.92 Å². The van der Waals surface area contributed by atoms with Crippen LogP contribution >= 0.6 is 0 Å². The summed E-state index contributed by atoms with van der Waals surface area (Å²) in [5.74, 6) is 0.569. The lowest BCUT2D eigenvalue weighted by atomic mass is 10.2. The Labute approximate surface area is 98.6 Å². The molecule has 0 aliphatic heterocycles. The third-order valence-electron chi connectivity index (χ3n) is 2.18. The van der Waals surface area contributed by atoms with Crippen molar-refractivity contribution in [1.82, 2.24) is 0 Å². The third-order valence-corrected chi connectivity index (χ3v) is 2.18. The summed E-state index contributed by atoms with van der Waals surface area (Å²) < 4.78 is 5.38. The van der Waals surface area contributed by atoms with Crippen molar-refractivity contribution < 1.29 is 9.66 Å². The van der Waals surface area contributed by atoms with E-state index in [0.29, 0.717) is 5.75 Å². The Morgan fingerprint density at radius 1 is 1.00 bits per heavy atom. The predicted molar refractivity (Wildman–Crippen MR) is 63.6 cm³/mol. The van der Waals surface area contributed by atoms with Gasteiger partial charge in [0.1, 0.15) is 5.75 Å². The lowest BCUT2D eigenvalue weighted by Crippen LogP contribution is -1.92. The summed E-state index contributed by atoms with van der Waals surface area (Å²) >= 11 is 0. The fourth-order valence-electron chi connectivity index (χ4n) is 1.31. The molecule has 17 heavy (non-hydrogen) atoms. The van der Waals surface area contributed by atoms with Crippen LogP contribution in [-0.2, 0) is 0 Å². The zero-order valence-corrected chi connectivity index (χ0v) is 8.95. The Morgan fingerprint density at radius 2 is 1.65 bits per heavy atom. The molecule has 0 aliphatic carbocycles. The van der Waals surface area contributed by atoms with E-state index in [1.807, 2.05) is 30.3 Å². The van der Waals surface area contributed by atoms with Crippen molar-refractivity contribution in [2.24, 2.45) is 0 Å². The molecule has 1 radical (unpaired) electrons. The van der Waals surface area contributed by atoms with Gasteiger partial charge in [0.25, 0.3) is 5.69 Å². The fourth-order valence-corrected chi connectivity index (χ4v) is 1.31. The molecular weight excluding hydrogens is 218 g/mol. The van der Waals surface area contributed by atoms with E-state index in [-0.39, 0.29) is 5.69 Å².